The topological polar surface area (TPSA) is 114 Å². The van der Waals surface area contributed by atoms with Gasteiger partial charge in [0.15, 0.2) is 11.5 Å². The van der Waals surface area contributed by atoms with Gasteiger partial charge in [-0.1, -0.05) is 37.6 Å². The molecule has 1 aliphatic heterocycles. The molecule has 166 valence electrons. The summed E-state index contributed by atoms with van der Waals surface area (Å²) in [5, 5.41) is 0.0384. The fourth-order valence-electron chi connectivity index (χ4n) is 2.97. The minimum atomic E-state index is -3.78. The van der Waals surface area contributed by atoms with Gasteiger partial charge in [0.1, 0.15) is 6.61 Å². The van der Waals surface area contributed by atoms with Gasteiger partial charge in [0.05, 0.1) is 15.5 Å². The normalized spacial score (nSPS) is 15.4. The molecule has 0 aromatic heterocycles. The van der Waals surface area contributed by atoms with Crippen LogP contribution in [0, 0.1) is 0 Å². The summed E-state index contributed by atoms with van der Waals surface area (Å²) in [5.41, 5.74) is 4.38. The van der Waals surface area contributed by atoms with Crippen molar-refractivity contribution in [2.45, 2.75) is 24.8 Å². The van der Waals surface area contributed by atoms with Gasteiger partial charge in [0.25, 0.3) is 11.8 Å². The van der Waals surface area contributed by atoms with Crippen LogP contribution in [0.5, 0.6) is 11.5 Å². The van der Waals surface area contributed by atoms with E-state index in [4.69, 9.17) is 21.1 Å². The van der Waals surface area contributed by atoms with Gasteiger partial charge in [-0.25, -0.2) is 8.42 Å². The monoisotopic (exact) mass is 467 g/mol. The van der Waals surface area contributed by atoms with Crippen molar-refractivity contribution in [2.75, 3.05) is 19.7 Å². The van der Waals surface area contributed by atoms with Crippen LogP contribution in [0.2, 0.25) is 5.02 Å². The second-order valence-corrected chi connectivity index (χ2v) is 8.88. The number of halogens is 1. The Morgan fingerprint density at radius 3 is 2.45 bits per heavy atom. The highest BCUT2D eigenvalue weighted by Gasteiger charge is 2.28. The molecule has 0 saturated heterocycles. The van der Waals surface area contributed by atoms with Crippen LogP contribution in [0.3, 0.4) is 0 Å². The molecule has 2 aromatic rings. The smallest absolute Gasteiger partial charge is 0.283 e. The third-order valence-electron chi connectivity index (χ3n) is 4.63. The molecule has 0 spiro atoms. The van der Waals surface area contributed by atoms with Crippen molar-refractivity contribution in [1.29, 1.82) is 0 Å². The maximum absolute atomic E-state index is 12.7. The first-order chi connectivity index (χ1) is 14.8. The van der Waals surface area contributed by atoms with E-state index in [9.17, 15) is 18.0 Å². The summed E-state index contributed by atoms with van der Waals surface area (Å²) in [5.74, 6) is -0.468. The molecule has 0 unspecified atom stereocenters. The number of carbonyl (C=O) groups excluding carboxylic acids is 2. The molecule has 0 aliphatic carbocycles. The Balaban J connectivity index is 1.69. The van der Waals surface area contributed by atoms with Gasteiger partial charge in [0.2, 0.25) is 16.1 Å². The van der Waals surface area contributed by atoms with E-state index >= 15 is 0 Å². The SMILES string of the molecule is CCN(CC)S(=O)(=O)c1ccc(Cl)c(C(=O)NNC(=O)[C@@H]2COc3ccccc3O2)c1. The highest BCUT2D eigenvalue weighted by Crippen LogP contribution is 2.30. The largest absolute Gasteiger partial charge is 0.485 e. The second-order valence-electron chi connectivity index (χ2n) is 6.54. The molecule has 1 heterocycles. The van der Waals surface area contributed by atoms with Gasteiger partial charge < -0.3 is 9.47 Å². The average Bonchev–Trinajstić information content (AvgIpc) is 2.77. The molecular formula is C20H22ClN3O6S. The van der Waals surface area contributed by atoms with Crippen LogP contribution in [-0.4, -0.2) is 50.3 Å². The van der Waals surface area contributed by atoms with Crippen LogP contribution < -0.4 is 20.3 Å². The van der Waals surface area contributed by atoms with Gasteiger partial charge >= 0.3 is 0 Å². The molecule has 2 aromatic carbocycles. The lowest BCUT2D eigenvalue weighted by molar-refractivity contribution is -0.131. The first-order valence-electron chi connectivity index (χ1n) is 9.56. The standard InChI is InChI=1S/C20H22ClN3O6S/c1-3-24(4-2)31(27,28)13-9-10-15(21)14(11-13)19(25)22-23-20(26)18-12-29-16-7-5-6-8-17(16)30-18/h5-11,18H,3-4,12H2,1-2H3,(H,22,25)(H,23,26)/t18-/m0/s1. The number of nitrogens with one attached hydrogen (secondary N) is 2. The van der Waals surface area contributed by atoms with Crippen molar-refractivity contribution < 1.29 is 27.5 Å². The summed E-state index contributed by atoms with van der Waals surface area (Å²) in [7, 11) is -3.78. The number of para-hydroxylation sites is 2. The summed E-state index contributed by atoms with van der Waals surface area (Å²) >= 11 is 6.08. The highest BCUT2D eigenvalue weighted by atomic mass is 35.5. The summed E-state index contributed by atoms with van der Waals surface area (Å²) < 4.78 is 37.7. The van der Waals surface area contributed by atoms with Gasteiger partial charge in [0, 0.05) is 13.1 Å². The summed E-state index contributed by atoms with van der Waals surface area (Å²) in [6, 6.07) is 10.7. The number of benzene rings is 2. The molecule has 3 rings (SSSR count). The van der Waals surface area contributed by atoms with Crippen LogP contribution in [0.25, 0.3) is 0 Å². The van der Waals surface area contributed by atoms with E-state index in [1.54, 1.807) is 38.1 Å². The lowest BCUT2D eigenvalue weighted by atomic mass is 10.2. The summed E-state index contributed by atoms with van der Waals surface area (Å²) in [6.45, 7) is 3.97. The molecule has 2 amide bonds. The number of hydrogen-bond donors (Lipinski definition) is 2. The van der Waals surface area contributed by atoms with Crippen molar-refractivity contribution in [2.24, 2.45) is 0 Å². The van der Waals surface area contributed by atoms with Crippen molar-refractivity contribution in [1.82, 2.24) is 15.2 Å². The van der Waals surface area contributed by atoms with E-state index in [0.717, 1.165) is 0 Å². The fraction of sp³-hybridized carbons (Fsp3) is 0.300. The zero-order valence-electron chi connectivity index (χ0n) is 16.9. The number of sulfonamides is 1. The molecule has 0 bridgehead atoms. The Morgan fingerprint density at radius 1 is 1.10 bits per heavy atom. The first-order valence-corrected chi connectivity index (χ1v) is 11.4. The maximum Gasteiger partial charge on any atom is 0.283 e. The molecule has 11 heteroatoms. The Hall–Kier alpha value is -2.82. The Kier molecular flexibility index (Phi) is 7.04. The molecule has 0 fully saturated rings. The van der Waals surface area contributed by atoms with E-state index in [2.05, 4.69) is 10.9 Å². The fourth-order valence-corrected chi connectivity index (χ4v) is 4.65. The van der Waals surface area contributed by atoms with Crippen LogP contribution in [0.4, 0.5) is 0 Å². The zero-order chi connectivity index (χ0) is 22.6. The number of fused-ring (bicyclic) bond motifs is 1. The second kappa shape index (κ2) is 9.54. The van der Waals surface area contributed by atoms with Crippen molar-refractivity contribution in [3.8, 4) is 11.5 Å². The van der Waals surface area contributed by atoms with E-state index in [1.807, 2.05) is 0 Å². The van der Waals surface area contributed by atoms with Crippen LogP contribution in [-0.2, 0) is 14.8 Å². The minimum absolute atomic E-state index is 0.0307. The third kappa shape index (κ3) is 4.92. The maximum atomic E-state index is 12.7. The molecule has 9 nitrogen and oxygen atoms in total. The number of carbonyl (C=O) groups is 2. The molecule has 1 aliphatic rings. The highest BCUT2D eigenvalue weighted by molar-refractivity contribution is 7.89. The Morgan fingerprint density at radius 2 is 1.77 bits per heavy atom. The molecule has 2 N–H and O–H groups in total. The lowest BCUT2D eigenvalue weighted by Gasteiger charge is -2.25. The van der Waals surface area contributed by atoms with Crippen LogP contribution in [0.1, 0.15) is 24.2 Å². The summed E-state index contributed by atoms with van der Waals surface area (Å²) in [6.07, 6.45) is -0.972. The Labute approximate surface area is 185 Å². The first kappa shape index (κ1) is 22.9. The predicted molar refractivity (Wildman–Crippen MR) is 114 cm³/mol. The van der Waals surface area contributed by atoms with Crippen LogP contribution >= 0.6 is 11.6 Å². The minimum Gasteiger partial charge on any atom is -0.485 e. The number of hydrogen-bond acceptors (Lipinski definition) is 6. The quantitative estimate of drug-likeness (QED) is 0.628. The zero-order valence-corrected chi connectivity index (χ0v) is 18.5. The van der Waals surface area contributed by atoms with Gasteiger partial charge in [-0.2, -0.15) is 4.31 Å². The van der Waals surface area contributed by atoms with Gasteiger partial charge in [-0.3, -0.25) is 20.4 Å². The number of hydrazine groups is 1. The molecule has 31 heavy (non-hydrogen) atoms. The molecule has 0 saturated carbocycles. The van der Waals surface area contributed by atoms with Crippen LogP contribution in [0.15, 0.2) is 47.4 Å². The number of rotatable bonds is 6. The third-order valence-corrected chi connectivity index (χ3v) is 7.00. The predicted octanol–water partition coefficient (Wildman–Crippen LogP) is 1.97. The van der Waals surface area contributed by atoms with E-state index in [0.29, 0.717) is 11.5 Å². The van der Waals surface area contributed by atoms with E-state index < -0.39 is 27.9 Å². The average molecular weight is 468 g/mol. The Bertz CT molecular complexity index is 1090. The van der Waals surface area contributed by atoms with Crippen molar-refractivity contribution in [3.63, 3.8) is 0 Å². The molecule has 1 atom stereocenters. The lowest BCUT2D eigenvalue weighted by Crippen LogP contribution is -2.50. The molecule has 0 radical (unpaired) electrons. The molecular weight excluding hydrogens is 446 g/mol. The number of ether oxygens (including phenoxy) is 2. The number of amides is 2. The van der Waals surface area contributed by atoms with E-state index in [-0.39, 0.29) is 35.2 Å². The van der Waals surface area contributed by atoms with Crippen molar-refractivity contribution in [3.05, 3.63) is 53.1 Å². The summed E-state index contributed by atoms with van der Waals surface area (Å²) in [4.78, 5) is 24.8. The van der Waals surface area contributed by atoms with Gasteiger partial charge in [-0.15, -0.1) is 0 Å². The number of nitrogens with zero attached hydrogens (tertiary/aromatic N) is 1. The van der Waals surface area contributed by atoms with Crippen molar-refractivity contribution >= 4 is 33.4 Å². The van der Waals surface area contributed by atoms with Gasteiger partial charge in [-0.05, 0) is 30.3 Å². The van der Waals surface area contributed by atoms with E-state index in [1.165, 1.54) is 22.5 Å².